The average Bonchev–Trinajstić information content (AvgIpc) is 2.73. The lowest BCUT2D eigenvalue weighted by atomic mass is 10.2. The van der Waals surface area contributed by atoms with Crippen molar-refractivity contribution in [2.24, 2.45) is 0 Å². The predicted molar refractivity (Wildman–Crippen MR) is 74.8 cm³/mol. The van der Waals surface area contributed by atoms with Crippen LogP contribution in [-0.2, 0) is 0 Å². The van der Waals surface area contributed by atoms with Crippen LogP contribution in [0.25, 0.3) is 10.1 Å². The van der Waals surface area contributed by atoms with Gasteiger partial charge >= 0.3 is 0 Å². The Balaban J connectivity index is 2.18. The van der Waals surface area contributed by atoms with Gasteiger partial charge in [0.2, 0.25) is 0 Å². The van der Waals surface area contributed by atoms with Crippen LogP contribution >= 0.6 is 11.3 Å². The number of rotatable bonds is 5. The fourth-order valence-electron chi connectivity index (χ4n) is 1.82. The first-order valence-electron chi connectivity index (χ1n) is 6.00. The van der Waals surface area contributed by atoms with E-state index in [-0.39, 0.29) is 18.2 Å². The van der Waals surface area contributed by atoms with Gasteiger partial charge in [-0.2, -0.15) is 0 Å². The summed E-state index contributed by atoms with van der Waals surface area (Å²) < 4.78 is 14.3. The molecule has 2 aromatic rings. The first-order chi connectivity index (χ1) is 9.15. The lowest BCUT2D eigenvalue weighted by Crippen LogP contribution is -2.24. The maximum absolute atomic E-state index is 13.6. The quantitative estimate of drug-likeness (QED) is 0.735. The van der Waals surface area contributed by atoms with Gasteiger partial charge in [-0.3, -0.25) is 4.79 Å². The van der Waals surface area contributed by atoms with Crippen molar-refractivity contribution in [3.05, 3.63) is 28.9 Å². The predicted octanol–water partition coefficient (Wildman–Crippen LogP) is 2.12. The highest BCUT2D eigenvalue weighted by atomic mass is 32.1. The topological polar surface area (TPSA) is 75.4 Å². The number of aliphatic hydroxyl groups is 1. The number of benzene rings is 1. The van der Waals surface area contributed by atoms with Gasteiger partial charge in [0.25, 0.3) is 5.91 Å². The Morgan fingerprint density at radius 2 is 2.21 bits per heavy atom. The number of nitrogens with one attached hydrogen (secondary N) is 1. The van der Waals surface area contributed by atoms with Crippen LogP contribution in [0.5, 0.6) is 0 Å². The lowest BCUT2D eigenvalue weighted by molar-refractivity contribution is 0.0957. The number of anilines is 1. The number of thiophene rings is 1. The highest BCUT2D eigenvalue weighted by Crippen LogP contribution is 2.35. The average molecular weight is 282 g/mol. The smallest absolute Gasteiger partial charge is 0.263 e. The number of fused-ring (bicyclic) bond motifs is 1. The van der Waals surface area contributed by atoms with Gasteiger partial charge in [0.05, 0.1) is 11.1 Å². The summed E-state index contributed by atoms with van der Waals surface area (Å²) in [5, 5.41) is 11.7. The van der Waals surface area contributed by atoms with E-state index < -0.39 is 5.82 Å². The highest BCUT2D eigenvalue weighted by Gasteiger charge is 2.18. The van der Waals surface area contributed by atoms with Gasteiger partial charge in [-0.1, -0.05) is 6.07 Å². The Hall–Kier alpha value is -1.66. The summed E-state index contributed by atoms with van der Waals surface area (Å²) in [6.45, 7) is 0.571. The molecule has 1 heterocycles. The Labute approximate surface area is 114 Å². The van der Waals surface area contributed by atoms with E-state index in [1.165, 1.54) is 17.4 Å². The third-order valence-corrected chi connectivity index (χ3v) is 3.95. The first-order valence-corrected chi connectivity index (χ1v) is 6.82. The molecule has 1 aromatic heterocycles. The zero-order valence-electron chi connectivity index (χ0n) is 10.3. The zero-order chi connectivity index (χ0) is 13.8. The molecule has 1 amide bonds. The van der Waals surface area contributed by atoms with Crippen LogP contribution in [0.1, 0.15) is 22.5 Å². The van der Waals surface area contributed by atoms with Crippen LogP contribution in [0, 0.1) is 5.82 Å². The molecule has 2 rings (SSSR count). The SMILES string of the molecule is Nc1c(C(=O)NCCCCO)sc2cccc(F)c12. The van der Waals surface area contributed by atoms with Gasteiger partial charge < -0.3 is 16.2 Å². The Morgan fingerprint density at radius 3 is 2.89 bits per heavy atom. The van der Waals surface area contributed by atoms with E-state index in [0.717, 1.165) is 0 Å². The monoisotopic (exact) mass is 282 g/mol. The highest BCUT2D eigenvalue weighted by molar-refractivity contribution is 7.21. The largest absolute Gasteiger partial charge is 0.397 e. The zero-order valence-corrected chi connectivity index (χ0v) is 11.1. The summed E-state index contributed by atoms with van der Waals surface area (Å²) in [5.41, 5.74) is 6.03. The number of halogens is 1. The molecular formula is C13H15FN2O2S. The van der Waals surface area contributed by atoms with E-state index in [0.29, 0.717) is 34.3 Å². The second-order valence-electron chi connectivity index (χ2n) is 4.14. The van der Waals surface area contributed by atoms with Crippen molar-refractivity contribution < 1.29 is 14.3 Å². The number of amides is 1. The molecule has 0 aliphatic heterocycles. The van der Waals surface area contributed by atoms with Crippen molar-refractivity contribution >= 4 is 33.0 Å². The molecule has 19 heavy (non-hydrogen) atoms. The number of nitrogens with two attached hydrogens (primary N) is 1. The van der Waals surface area contributed by atoms with E-state index in [4.69, 9.17) is 10.8 Å². The maximum Gasteiger partial charge on any atom is 0.263 e. The van der Waals surface area contributed by atoms with Gasteiger partial charge in [0, 0.05) is 17.9 Å². The summed E-state index contributed by atoms with van der Waals surface area (Å²) in [4.78, 5) is 12.3. The van der Waals surface area contributed by atoms with Gasteiger partial charge in [-0.05, 0) is 25.0 Å². The number of nitrogen functional groups attached to an aromatic ring is 1. The molecule has 0 aliphatic rings. The molecule has 0 saturated heterocycles. The molecular weight excluding hydrogens is 267 g/mol. The molecule has 0 aliphatic carbocycles. The van der Waals surface area contributed by atoms with Crippen molar-refractivity contribution in [1.29, 1.82) is 0 Å². The fourth-order valence-corrected chi connectivity index (χ4v) is 2.87. The molecule has 0 fully saturated rings. The van der Waals surface area contributed by atoms with Crippen LogP contribution in [0.4, 0.5) is 10.1 Å². The molecule has 6 heteroatoms. The summed E-state index contributed by atoms with van der Waals surface area (Å²) >= 11 is 1.18. The summed E-state index contributed by atoms with van der Waals surface area (Å²) in [6.07, 6.45) is 1.33. The van der Waals surface area contributed by atoms with E-state index in [1.807, 2.05) is 0 Å². The Bertz CT molecular complexity index is 598. The van der Waals surface area contributed by atoms with Crippen molar-refractivity contribution in [1.82, 2.24) is 5.32 Å². The standard InChI is InChI=1S/C13H15FN2O2S/c14-8-4-3-5-9-10(8)11(15)12(19-9)13(18)16-6-1-2-7-17/h3-5,17H,1-2,6-7,15H2,(H,16,18). The first kappa shape index (κ1) is 13.8. The third-order valence-electron chi connectivity index (χ3n) is 2.78. The van der Waals surface area contributed by atoms with E-state index in [1.54, 1.807) is 12.1 Å². The number of carbonyl (C=O) groups excluding carboxylic acids is 1. The molecule has 4 N–H and O–H groups in total. The summed E-state index contributed by atoms with van der Waals surface area (Å²) in [6, 6.07) is 4.66. The van der Waals surface area contributed by atoms with Crippen LogP contribution < -0.4 is 11.1 Å². The van der Waals surface area contributed by atoms with Gasteiger partial charge in [-0.25, -0.2) is 4.39 Å². The minimum atomic E-state index is -0.411. The molecule has 102 valence electrons. The third kappa shape index (κ3) is 2.85. The summed E-state index contributed by atoms with van der Waals surface area (Å²) in [5.74, 6) is -0.707. The van der Waals surface area contributed by atoms with Crippen LogP contribution in [0.15, 0.2) is 18.2 Å². The maximum atomic E-state index is 13.6. The minimum absolute atomic E-state index is 0.103. The van der Waals surface area contributed by atoms with E-state index in [9.17, 15) is 9.18 Å². The number of hydrogen-bond donors (Lipinski definition) is 3. The lowest BCUT2D eigenvalue weighted by Gasteiger charge is -2.03. The Kier molecular flexibility index (Phi) is 4.34. The number of carbonyl (C=O) groups is 1. The van der Waals surface area contributed by atoms with Gasteiger partial charge in [-0.15, -0.1) is 11.3 Å². The fraction of sp³-hybridized carbons (Fsp3) is 0.308. The van der Waals surface area contributed by atoms with Crippen molar-refractivity contribution in [2.75, 3.05) is 18.9 Å². The van der Waals surface area contributed by atoms with Crippen molar-refractivity contribution in [2.45, 2.75) is 12.8 Å². The molecule has 0 bridgehead atoms. The number of aliphatic hydroxyl groups excluding tert-OH is 1. The normalized spacial score (nSPS) is 10.8. The van der Waals surface area contributed by atoms with Crippen molar-refractivity contribution in [3.63, 3.8) is 0 Å². The van der Waals surface area contributed by atoms with Crippen LogP contribution in [0.3, 0.4) is 0 Å². The second-order valence-corrected chi connectivity index (χ2v) is 5.20. The Morgan fingerprint density at radius 1 is 1.42 bits per heavy atom. The molecule has 0 saturated carbocycles. The van der Waals surface area contributed by atoms with Crippen LogP contribution in [-0.4, -0.2) is 24.2 Å². The van der Waals surface area contributed by atoms with Crippen LogP contribution in [0.2, 0.25) is 0 Å². The van der Waals surface area contributed by atoms with Gasteiger partial charge in [0.1, 0.15) is 10.7 Å². The molecule has 0 atom stereocenters. The number of unbranched alkanes of at least 4 members (excludes halogenated alkanes) is 1. The molecule has 0 spiro atoms. The molecule has 0 unspecified atom stereocenters. The minimum Gasteiger partial charge on any atom is -0.397 e. The van der Waals surface area contributed by atoms with E-state index in [2.05, 4.69) is 5.32 Å². The summed E-state index contributed by atoms with van der Waals surface area (Å²) in [7, 11) is 0. The van der Waals surface area contributed by atoms with E-state index >= 15 is 0 Å². The van der Waals surface area contributed by atoms with Crippen molar-refractivity contribution in [3.8, 4) is 0 Å². The van der Waals surface area contributed by atoms with Gasteiger partial charge in [0.15, 0.2) is 0 Å². The molecule has 4 nitrogen and oxygen atoms in total. The molecule has 0 radical (unpaired) electrons. The number of hydrogen-bond acceptors (Lipinski definition) is 4. The molecule has 1 aromatic carbocycles. The second kappa shape index (κ2) is 5.99.